The molecule has 0 aliphatic carbocycles. The van der Waals surface area contributed by atoms with Crippen LogP contribution >= 0.6 is 22.9 Å². The Balaban J connectivity index is 2.54. The van der Waals surface area contributed by atoms with E-state index in [1.807, 2.05) is 0 Å². The maximum atomic E-state index is 11.4. The Hall–Kier alpha value is -1.67. The zero-order chi connectivity index (χ0) is 12.8. The smallest absolute Gasteiger partial charge is 0.289 e. The second-order valence-electron chi connectivity index (χ2n) is 2.86. The lowest BCUT2D eigenvalue weighted by atomic mass is 10.5. The van der Waals surface area contributed by atoms with E-state index >= 15 is 0 Å². The Bertz CT molecular complexity index is 448. The topological polar surface area (TPSA) is 100 Å². The Morgan fingerprint density at radius 3 is 2.71 bits per heavy atom. The van der Waals surface area contributed by atoms with Crippen LogP contribution in [0.4, 0.5) is 5.13 Å². The Labute approximate surface area is 106 Å². The molecule has 9 heteroatoms. The number of nitrogens with one attached hydrogen (secondary N) is 3. The molecule has 1 aromatic rings. The molecule has 0 unspecified atom stereocenters. The summed E-state index contributed by atoms with van der Waals surface area (Å²) < 4.78 is 0. The van der Waals surface area contributed by atoms with E-state index in [9.17, 15) is 14.4 Å². The van der Waals surface area contributed by atoms with Crippen molar-refractivity contribution < 1.29 is 14.4 Å². The minimum Gasteiger partial charge on any atom is -0.302 e. The van der Waals surface area contributed by atoms with E-state index in [4.69, 9.17) is 11.6 Å². The summed E-state index contributed by atoms with van der Waals surface area (Å²) in [4.78, 5) is 36.8. The highest BCUT2D eigenvalue weighted by Gasteiger charge is 2.11. The number of alkyl halides is 1. The molecule has 0 atom stereocenters. The molecule has 0 saturated carbocycles. The predicted octanol–water partition coefficient (Wildman–Crippen LogP) is 0.101. The van der Waals surface area contributed by atoms with Gasteiger partial charge in [0.15, 0.2) is 5.13 Å². The van der Waals surface area contributed by atoms with Gasteiger partial charge in [-0.3, -0.25) is 25.2 Å². The van der Waals surface area contributed by atoms with Crippen molar-refractivity contribution in [1.82, 2.24) is 15.8 Å². The van der Waals surface area contributed by atoms with E-state index in [0.29, 0.717) is 5.13 Å². The highest BCUT2D eigenvalue weighted by molar-refractivity contribution is 7.14. The lowest BCUT2D eigenvalue weighted by Crippen LogP contribution is -2.42. The normalized spacial score (nSPS) is 9.53. The minimum atomic E-state index is -0.587. The number of nitrogens with zero attached hydrogens (tertiary/aromatic N) is 1. The number of hydrogen-bond acceptors (Lipinski definition) is 5. The average molecular weight is 277 g/mol. The first kappa shape index (κ1) is 13.4. The van der Waals surface area contributed by atoms with Gasteiger partial charge in [0, 0.05) is 12.3 Å². The van der Waals surface area contributed by atoms with Crippen molar-refractivity contribution in [2.45, 2.75) is 6.92 Å². The first-order valence-electron chi connectivity index (χ1n) is 4.41. The molecule has 0 aliphatic rings. The van der Waals surface area contributed by atoms with E-state index in [1.54, 1.807) is 0 Å². The fourth-order valence-corrected chi connectivity index (χ4v) is 1.61. The van der Waals surface area contributed by atoms with Crippen LogP contribution in [0.25, 0.3) is 0 Å². The van der Waals surface area contributed by atoms with Gasteiger partial charge in [-0.25, -0.2) is 4.98 Å². The number of hydrazine groups is 1. The fourth-order valence-electron chi connectivity index (χ4n) is 0.810. The molecule has 0 spiro atoms. The van der Waals surface area contributed by atoms with Gasteiger partial charge < -0.3 is 5.32 Å². The van der Waals surface area contributed by atoms with Gasteiger partial charge in [-0.1, -0.05) is 0 Å². The lowest BCUT2D eigenvalue weighted by molar-refractivity contribution is -0.119. The monoisotopic (exact) mass is 276 g/mol. The van der Waals surface area contributed by atoms with Crippen LogP contribution in [0.5, 0.6) is 0 Å². The zero-order valence-electron chi connectivity index (χ0n) is 8.74. The molecule has 0 aliphatic heterocycles. The van der Waals surface area contributed by atoms with E-state index < -0.39 is 11.8 Å². The van der Waals surface area contributed by atoms with E-state index in [1.165, 1.54) is 12.3 Å². The molecule has 92 valence electrons. The number of aromatic nitrogens is 1. The molecule has 1 rings (SSSR count). The summed E-state index contributed by atoms with van der Waals surface area (Å²) in [5.74, 6) is -1.65. The predicted molar refractivity (Wildman–Crippen MR) is 62.7 cm³/mol. The summed E-state index contributed by atoms with van der Waals surface area (Å²) in [5, 5.41) is 4.20. The third-order valence-corrected chi connectivity index (χ3v) is 2.46. The summed E-state index contributed by atoms with van der Waals surface area (Å²) in [6.45, 7) is 1.34. The quantitative estimate of drug-likeness (QED) is 0.538. The van der Waals surface area contributed by atoms with Gasteiger partial charge in [-0.15, -0.1) is 22.9 Å². The highest BCUT2D eigenvalue weighted by atomic mass is 35.5. The summed E-state index contributed by atoms with van der Waals surface area (Å²) in [7, 11) is 0. The van der Waals surface area contributed by atoms with Gasteiger partial charge in [-0.2, -0.15) is 0 Å². The molecule has 0 fully saturated rings. The zero-order valence-corrected chi connectivity index (χ0v) is 10.3. The van der Waals surface area contributed by atoms with Crippen molar-refractivity contribution in [2.75, 3.05) is 11.2 Å². The summed E-state index contributed by atoms with van der Waals surface area (Å²) in [6, 6.07) is 0. The molecule has 0 radical (unpaired) electrons. The third kappa shape index (κ3) is 4.37. The third-order valence-electron chi connectivity index (χ3n) is 1.46. The van der Waals surface area contributed by atoms with Crippen molar-refractivity contribution in [3.05, 3.63) is 11.1 Å². The van der Waals surface area contributed by atoms with Gasteiger partial charge in [-0.05, 0) is 0 Å². The second-order valence-corrected chi connectivity index (χ2v) is 3.98. The molecule has 0 aromatic carbocycles. The molecule has 0 bridgehead atoms. The molecule has 3 N–H and O–H groups in total. The summed E-state index contributed by atoms with van der Waals surface area (Å²) in [5.41, 5.74) is 4.30. The SMILES string of the molecule is CC(=O)Nc1nc(C(=O)NNC(=O)CCl)cs1. The molecule has 17 heavy (non-hydrogen) atoms. The van der Waals surface area contributed by atoms with Crippen molar-refractivity contribution in [3.8, 4) is 0 Å². The van der Waals surface area contributed by atoms with Gasteiger partial charge >= 0.3 is 0 Å². The molecule has 0 saturated heterocycles. The fraction of sp³-hybridized carbons (Fsp3) is 0.250. The summed E-state index contributed by atoms with van der Waals surface area (Å²) >= 11 is 6.32. The van der Waals surface area contributed by atoms with Gasteiger partial charge in [0.25, 0.3) is 11.8 Å². The van der Waals surface area contributed by atoms with Crippen molar-refractivity contribution in [2.24, 2.45) is 0 Å². The molecule has 1 heterocycles. The minimum absolute atomic E-state index is 0.0913. The van der Waals surface area contributed by atoms with Crippen LogP contribution in [0.15, 0.2) is 5.38 Å². The highest BCUT2D eigenvalue weighted by Crippen LogP contribution is 2.14. The van der Waals surface area contributed by atoms with Gasteiger partial charge in [0.2, 0.25) is 5.91 Å². The van der Waals surface area contributed by atoms with Crippen LogP contribution in [0.1, 0.15) is 17.4 Å². The Kier molecular flexibility index (Phi) is 4.85. The number of carbonyl (C=O) groups excluding carboxylic acids is 3. The van der Waals surface area contributed by atoms with Crippen LogP contribution in [-0.2, 0) is 9.59 Å². The number of carbonyl (C=O) groups is 3. The van der Waals surface area contributed by atoms with Crippen LogP contribution in [0.2, 0.25) is 0 Å². The number of anilines is 1. The molecular weight excluding hydrogens is 268 g/mol. The van der Waals surface area contributed by atoms with Crippen molar-refractivity contribution in [3.63, 3.8) is 0 Å². The van der Waals surface area contributed by atoms with Gasteiger partial charge in [0.05, 0.1) is 0 Å². The van der Waals surface area contributed by atoms with Crippen LogP contribution in [-0.4, -0.2) is 28.6 Å². The summed E-state index contributed by atoms with van der Waals surface area (Å²) in [6.07, 6.45) is 0. The Morgan fingerprint density at radius 2 is 2.12 bits per heavy atom. The second kappa shape index (κ2) is 6.16. The number of halogens is 1. The van der Waals surface area contributed by atoms with Crippen molar-refractivity contribution >= 4 is 45.8 Å². The molecule has 3 amide bonds. The number of amides is 3. The van der Waals surface area contributed by atoms with Crippen LogP contribution in [0.3, 0.4) is 0 Å². The van der Waals surface area contributed by atoms with Gasteiger partial charge in [0.1, 0.15) is 11.6 Å². The first-order chi connectivity index (χ1) is 8.02. The standard InChI is InChI=1S/C8H9ClN4O3S/c1-4(14)10-8-11-5(3-17-8)7(16)13-12-6(15)2-9/h3H,2H2,1H3,(H,12,15)(H,13,16)(H,10,11,14). The lowest BCUT2D eigenvalue weighted by Gasteiger charge is -2.02. The molecule has 7 nitrogen and oxygen atoms in total. The van der Waals surface area contributed by atoms with Crippen LogP contribution in [0, 0.1) is 0 Å². The number of thiazole rings is 1. The maximum Gasteiger partial charge on any atom is 0.289 e. The van der Waals surface area contributed by atoms with E-state index in [2.05, 4.69) is 21.2 Å². The van der Waals surface area contributed by atoms with E-state index in [0.717, 1.165) is 11.3 Å². The molecular formula is C8H9ClN4O3S. The van der Waals surface area contributed by atoms with E-state index in [-0.39, 0.29) is 17.5 Å². The number of rotatable bonds is 3. The molecule has 1 aromatic heterocycles. The van der Waals surface area contributed by atoms with Crippen molar-refractivity contribution in [1.29, 1.82) is 0 Å². The first-order valence-corrected chi connectivity index (χ1v) is 5.82. The largest absolute Gasteiger partial charge is 0.302 e. The Morgan fingerprint density at radius 1 is 1.41 bits per heavy atom. The average Bonchev–Trinajstić information content (AvgIpc) is 2.72. The van der Waals surface area contributed by atoms with Crippen LogP contribution < -0.4 is 16.2 Å². The maximum absolute atomic E-state index is 11.4. The number of hydrogen-bond donors (Lipinski definition) is 3.